The van der Waals surface area contributed by atoms with E-state index in [9.17, 15) is 24.6 Å². The fraction of sp³-hybridized carbons (Fsp3) is 0.375. The van der Waals surface area contributed by atoms with Crippen LogP contribution in [0.1, 0.15) is 0 Å². The van der Waals surface area contributed by atoms with Crippen molar-refractivity contribution in [1.29, 1.82) is 0 Å². The molecular weight excluding hydrogens is 246 g/mol. The number of hydrogen-bond donors (Lipinski definition) is 1. The van der Waals surface area contributed by atoms with E-state index in [-0.39, 0.29) is 44.3 Å². The average molecular weight is 257 g/mol. The van der Waals surface area contributed by atoms with E-state index in [1.165, 1.54) is 0 Å². The summed E-state index contributed by atoms with van der Waals surface area (Å²) in [5.74, 6) is -3.88. The number of carbonyl (C=O) groups excluding carboxylic acids is 2. The Labute approximate surface area is 122 Å². The first kappa shape index (κ1) is 20.7. The zero-order valence-corrected chi connectivity index (χ0v) is 11.2. The van der Waals surface area contributed by atoms with Gasteiger partial charge in [-0.2, -0.15) is 0 Å². The summed E-state index contributed by atoms with van der Waals surface area (Å²) in [6, 6.07) is 0. The third-order valence-corrected chi connectivity index (χ3v) is 0.807. The second kappa shape index (κ2) is 12.4. The van der Waals surface area contributed by atoms with Crippen LogP contribution in [-0.2, 0) is 14.4 Å². The summed E-state index contributed by atoms with van der Waals surface area (Å²) in [4.78, 5) is 30.2. The molecule has 0 unspecified atom stereocenters. The summed E-state index contributed by atoms with van der Waals surface area (Å²) < 4.78 is 0. The van der Waals surface area contributed by atoms with E-state index in [4.69, 9.17) is 5.11 Å². The summed E-state index contributed by atoms with van der Waals surface area (Å²) in [6.07, 6.45) is 0.769. The third kappa shape index (κ3) is 29.2. The van der Waals surface area contributed by atoms with Crippen LogP contribution in [0.2, 0.25) is 0 Å². The number of aliphatic carboxylic acids is 3. The van der Waals surface area contributed by atoms with Gasteiger partial charge in [-0.1, -0.05) is 0 Å². The number of hydrogen-bond acceptors (Lipinski definition) is 6. The predicted octanol–water partition coefficient (Wildman–Crippen LogP) is -3.71. The Hall–Kier alpha value is -0.630. The minimum Gasteiger partial charge on any atom is -0.545 e. The van der Waals surface area contributed by atoms with Crippen LogP contribution in [0.15, 0.2) is 12.2 Å². The summed E-state index contributed by atoms with van der Waals surface area (Å²) in [5, 5.41) is 26.9. The van der Waals surface area contributed by atoms with E-state index in [2.05, 4.69) is 0 Å². The van der Waals surface area contributed by atoms with Gasteiger partial charge in [0.1, 0.15) is 0 Å². The molecule has 0 atom stereocenters. The molecule has 0 aromatic heterocycles. The third-order valence-electron chi connectivity index (χ3n) is 0.807. The van der Waals surface area contributed by atoms with Gasteiger partial charge in [0, 0.05) is 0 Å². The number of carbonyl (C=O) groups is 3. The number of nitrogens with zero attached hydrogens (tertiary/aromatic N) is 1. The molecule has 8 heteroatoms. The minimum atomic E-state index is -1.55. The maximum atomic E-state index is 9.77. The Morgan fingerprint density at radius 3 is 1.50 bits per heavy atom. The topological polar surface area (TPSA) is 121 Å². The quantitative estimate of drug-likeness (QED) is 0.406. The average Bonchev–Trinajstić information content (AvgIpc) is 1.99. The van der Waals surface area contributed by atoms with Gasteiger partial charge in [-0.3, -0.25) is 9.69 Å². The fourth-order valence-corrected chi connectivity index (χ4v) is 0.407. The van der Waals surface area contributed by atoms with Crippen LogP contribution >= 0.6 is 0 Å². The predicted molar refractivity (Wildman–Crippen MR) is 51.1 cm³/mol. The molecule has 0 aliphatic heterocycles. The minimum absolute atomic E-state index is 0. The van der Waals surface area contributed by atoms with Gasteiger partial charge in [0.2, 0.25) is 0 Å². The van der Waals surface area contributed by atoms with E-state index in [0.717, 1.165) is 0 Å². The molecule has 0 rings (SSSR count). The molecule has 0 aromatic carbocycles. The Balaban J connectivity index is -0.000000200. The molecule has 0 spiro atoms. The van der Waals surface area contributed by atoms with Crippen molar-refractivity contribution in [3.05, 3.63) is 12.2 Å². The van der Waals surface area contributed by atoms with Crippen LogP contribution in [0.3, 0.4) is 0 Å². The smallest absolute Gasteiger partial charge is 0.545 e. The molecule has 0 radical (unpaired) electrons. The van der Waals surface area contributed by atoms with Crippen LogP contribution in [0.5, 0.6) is 0 Å². The van der Waals surface area contributed by atoms with Crippen molar-refractivity contribution < 1.29 is 29.7 Å². The molecule has 1 N–H and O–H groups in total. The Morgan fingerprint density at radius 1 is 1.12 bits per heavy atom. The van der Waals surface area contributed by atoms with Gasteiger partial charge < -0.3 is 24.9 Å². The second-order valence-electron chi connectivity index (χ2n) is 2.60. The SMILES string of the molecule is CN(C)CC(=O)O.O=C([O-])/C=C/C(=O)[O-].[Ca+2]. The van der Waals surface area contributed by atoms with Gasteiger partial charge in [0.05, 0.1) is 18.5 Å². The van der Waals surface area contributed by atoms with Crippen LogP contribution in [0.25, 0.3) is 0 Å². The number of rotatable bonds is 4. The van der Waals surface area contributed by atoms with Crippen molar-refractivity contribution in [2.45, 2.75) is 0 Å². The molecule has 0 saturated carbocycles. The standard InChI is InChI=1S/C4H9NO2.C4H4O4.Ca/c1-5(2)3-4(6)7;5-3(6)1-2-4(7)8;/h3H2,1-2H3,(H,6,7);1-2H,(H,5,6)(H,7,8);/q;;+2/p-2/b;2-1+;. The fourth-order valence-electron chi connectivity index (χ4n) is 0.407. The number of likely N-dealkylation sites (N-methyl/N-ethyl adjacent to an activating group) is 1. The summed E-state index contributed by atoms with van der Waals surface area (Å²) in [7, 11) is 3.43. The van der Waals surface area contributed by atoms with Crippen molar-refractivity contribution in [2.24, 2.45) is 0 Å². The molecule has 0 aromatic rings. The Bertz CT molecular complexity index is 247. The molecule has 0 aliphatic carbocycles. The maximum absolute atomic E-state index is 9.77. The molecule has 16 heavy (non-hydrogen) atoms. The first-order chi connectivity index (χ1) is 6.75. The van der Waals surface area contributed by atoms with Gasteiger partial charge >= 0.3 is 43.7 Å². The molecular formula is C8H11CaNO6. The molecule has 0 aliphatic rings. The van der Waals surface area contributed by atoms with Gasteiger partial charge in [-0.15, -0.1) is 0 Å². The molecule has 86 valence electrons. The van der Waals surface area contributed by atoms with Crippen molar-refractivity contribution >= 4 is 55.6 Å². The van der Waals surface area contributed by atoms with E-state index >= 15 is 0 Å². The van der Waals surface area contributed by atoms with E-state index in [1.54, 1.807) is 19.0 Å². The monoisotopic (exact) mass is 257 g/mol. The van der Waals surface area contributed by atoms with Gasteiger partial charge in [-0.05, 0) is 26.2 Å². The van der Waals surface area contributed by atoms with Gasteiger partial charge in [-0.25, -0.2) is 0 Å². The molecule has 7 nitrogen and oxygen atoms in total. The second-order valence-corrected chi connectivity index (χ2v) is 2.60. The summed E-state index contributed by atoms with van der Waals surface area (Å²) in [5.41, 5.74) is 0. The Kier molecular flexibility index (Phi) is 16.1. The zero-order chi connectivity index (χ0) is 12.4. The molecule has 0 fully saturated rings. The largest absolute Gasteiger partial charge is 2.00 e. The van der Waals surface area contributed by atoms with Crippen molar-refractivity contribution in [3.8, 4) is 0 Å². The van der Waals surface area contributed by atoms with E-state index in [1.807, 2.05) is 0 Å². The first-order valence-electron chi connectivity index (χ1n) is 3.72. The molecule has 0 bridgehead atoms. The van der Waals surface area contributed by atoms with Crippen molar-refractivity contribution in [1.82, 2.24) is 4.90 Å². The van der Waals surface area contributed by atoms with Crippen LogP contribution in [-0.4, -0.2) is 86.3 Å². The van der Waals surface area contributed by atoms with Crippen LogP contribution in [0, 0.1) is 0 Å². The van der Waals surface area contributed by atoms with Gasteiger partial charge in [0.15, 0.2) is 0 Å². The number of carboxylic acid groups (broad SMARTS) is 3. The number of carboxylic acids is 3. The van der Waals surface area contributed by atoms with E-state index in [0.29, 0.717) is 12.2 Å². The first-order valence-corrected chi connectivity index (χ1v) is 3.72. The molecule has 0 amide bonds. The summed E-state index contributed by atoms with van der Waals surface area (Å²) >= 11 is 0. The van der Waals surface area contributed by atoms with Crippen LogP contribution in [0.4, 0.5) is 0 Å². The Morgan fingerprint density at radius 2 is 1.44 bits per heavy atom. The summed E-state index contributed by atoms with van der Waals surface area (Å²) in [6.45, 7) is 0.111. The van der Waals surface area contributed by atoms with Crippen molar-refractivity contribution in [3.63, 3.8) is 0 Å². The normalized spacial score (nSPS) is 8.94. The molecule has 0 heterocycles. The van der Waals surface area contributed by atoms with Gasteiger partial charge in [0.25, 0.3) is 0 Å². The van der Waals surface area contributed by atoms with E-state index < -0.39 is 17.9 Å². The van der Waals surface area contributed by atoms with Crippen LogP contribution < -0.4 is 10.2 Å². The maximum Gasteiger partial charge on any atom is 2.00 e. The molecule has 0 saturated heterocycles. The zero-order valence-electron chi connectivity index (χ0n) is 9.00. The van der Waals surface area contributed by atoms with Crippen molar-refractivity contribution in [2.75, 3.05) is 20.6 Å².